The van der Waals surface area contributed by atoms with E-state index >= 15 is 0 Å². The van der Waals surface area contributed by atoms with E-state index in [1.165, 1.54) is 5.57 Å². The van der Waals surface area contributed by atoms with Crippen LogP contribution in [-0.2, 0) is 19.1 Å². The molecule has 0 saturated heterocycles. The molecule has 3 saturated carbocycles. The van der Waals surface area contributed by atoms with E-state index in [2.05, 4.69) is 33.9 Å². The van der Waals surface area contributed by atoms with E-state index in [0.29, 0.717) is 29.2 Å². The highest BCUT2D eigenvalue weighted by Gasteiger charge is 2.67. The Morgan fingerprint density at radius 3 is 2.50 bits per heavy atom. The standard InChI is InChI=1S/C26H36O4/c1-15-12-19-20-9-11-26(18(4)27,30-14-29-7)24(20,5)10-8-21(19)25(6)17(3)16(2)23(28)13-22(15)25/h13,15,19-21H,2-3,8-12,14H2,1,4-7H3/t15?,19-,20-,21-,24-,25+,26-/m0/s1. The second-order valence-corrected chi connectivity index (χ2v) is 10.6. The Labute approximate surface area is 180 Å². The molecule has 4 aliphatic carbocycles. The lowest BCUT2D eigenvalue weighted by molar-refractivity contribution is -0.200. The predicted octanol–water partition coefficient (Wildman–Crippen LogP) is 5.04. The van der Waals surface area contributed by atoms with Gasteiger partial charge in [-0.2, -0.15) is 0 Å². The van der Waals surface area contributed by atoms with E-state index in [0.717, 1.165) is 37.7 Å². The topological polar surface area (TPSA) is 52.6 Å². The van der Waals surface area contributed by atoms with Gasteiger partial charge in [-0.25, -0.2) is 0 Å². The van der Waals surface area contributed by atoms with Crippen LogP contribution in [0.2, 0.25) is 0 Å². The van der Waals surface area contributed by atoms with Crippen molar-refractivity contribution >= 4 is 11.6 Å². The van der Waals surface area contributed by atoms with E-state index in [9.17, 15) is 9.59 Å². The molecule has 3 fully saturated rings. The van der Waals surface area contributed by atoms with E-state index in [4.69, 9.17) is 9.47 Å². The summed E-state index contributed by atoms with van der Waals surface area (Å²) in [5.74, 6) is 1.77. The van der Waals surface area contributed by atoms with Crippen LogP contribution in [0.25, 0.3) is 0 Å². The predicted molar refractivity (Wildman–Crippen MR) is 117 cm³/mol. The van der Waals surface area contributed by atoms with Crippen molar-refractivity contribution in [3.63, 3.8) is 0 Å². The Balaban J connectivity index is 1.76. The van der Waals surface area contributed by atoms with Crippen LogP contribution in [0, 0.1) is 34.5 Å². The summed E-state index contributed by atoms with van der Waals surface area (Å²) in [6.07, 6.45) is 6.60. The van der Waals surface area contributed by atoms with Crippen LogP contribution in [0.15, 0.2) is 36.0 Å². The Hall–Kier alpha value is -1.52. The van der Waals surface area contributed by atoms with E-state index in [-0.39, 0.29) is 29.2 Å². The van der Waals surface area contributed by atoms with Gasteiger partial charge in [-0.05, 0) is 74.3 Å². The number of hydrogen-bond acceptors (Lipinski definition) is 4. The minimum absolute atomic E-state index is 0.0165. The number of rotatable bonds is 4. The first kappa shape index (κ1) is 21.7. The third-order valence-electron chi connectivity index (χ3n) is 9.62. The molecule has 1 unspecified atom stereocenters. The third-order valence-corrected chi connectivity index (χ3v) is 9.62. The van der Waals surface area contributed by atoms with Gasteiger partial charge in [0.25, 0.3) is 0 Å². The summed E-state index contributed by atoms with van der Waals surface area (Å²) >= 11 is 0. The van der Waals surface area contributed by atoms with Gasteiger partial charge in [0.2, 0.25) is 0 Å². The number of ether oxygens (including phenoxy) is 2. The third kappa shape index (κ3) is 2.53. The minimum atomic E-state index is -0.762. The summed E-state index contributed by atoms with van der Waals surface area (Å²) in [5.41, 5.74) is 1.53. The van der Waals surface area contributed by atoms with Crippen molar-refractivity contribution in [1.29, 1.82) is 0 Å². The van der Waals surface area contributed by atoms with Gasteiger partial charge >= 0.3 is 0 Å². The molecule has 4 aliphatic rings. The van der Waals surface area contributed by atoms with Crippen LogP contribution in [0.1, 0.15) is 59.8 Å². The maximum Gasteiger partial charge on any atom is 0.185 e. The monoisotopic (exact) mass is 412 g/mol. The fourth-order valence-corrected chi connectivity index (χ4v) is 8.05. The highest BCUT2D eigenvalue weighted by molar-refractivity contribution is 6.09. The maximum absolute atomic E-state index is 12.9. The minimum Gasteiger partial charge on any atom is -0.359 e. The van der Waals surface area contributed by atoms with Crippen molar-refractivity contribution in [3.05, 3.63) is 36.0 Å². The Bertz CT molecular complexity index is 853. The zero-order valence-corrected chi connectivity index (χ0v) is 19.2. The Morgan fingerprint density at radius 1 is 1.20 bits per heavy atom. The summed E-state index contributed by atoms with van der Waals surface area (Å²) in [4.78, 5) is 25.4. The van der Waals surface area contributed by atoms with Gasteiger partial charge in [0.05, 0.1) is 0 Å². The molecule has 0 amide bonds. The van der Waals surface area contributed by atoms with E-state index in [1.807, 2.05) is 6.08 Å². The second-order valence-electron chi connectivity index (χ2n) is 10.6. The van der Waals surface area contributed by atoms with Crippen LogP contribution >= 0.6 is 0 Å². The van der Waals surface area contributed by atoms with Gasteiger partial charge in [-0.1, -0.05) is 39.5 Å². The molecule has 4 heteroatoms. The van der Waals surface area contributed by atoms with Crippen molar-refractivity contribution in [1.82, 2.24) is 0 Å². The summed E-state index contributed by atoms with van der Waals surface area (Å²) in [7, 11) is 1.61. The first-order valence-corrected chi connectivity index (χ1v) is 11.3. The van der Waals surface area contributed by atoms with Crippen LogP contribution in [-0.4, -0.2) is 31.1 Å². The smallest absolute Gasteiger partial charge is 0.185 e. The number of Topliss-reactive ketones (excluding diaryl/α,β-unsaturated/α-hetero) is 1. The van der Waals surface area contributed by atoms with Crippen molar-refractivity contribution in [2.75, 3.05) is 13.9 Å². The number of ketones is 2. The number of allylic oxidation sites excluding steroid dienone is 3. The molecular formula is C26H36O4. The molecule has 0 radical (unpaired) electrons. The van der Waals surface area contributed by atoms with Crippen molar-refractivity contribution in [3.8, 4) is 0 Å². The lowest BCUT2D eigenvalue weighted by Crippen LogP contribution is -2.59. The number of fused-ring (bicyclic) bond motifs is 5. The normalized spacial score (nSPS) is 45.5. The molecule has 0 spiro atoms. The lowest BCUT2D eigenvalue weighted by Gasteiger charge is -2.61. The molecule has 0 aromatic rings. The number of methoxy groups -OCH3 is 1. The molecule has 7 atom stereocenters. The largest absolute Gasteiger partial charge is 0.359 e. The average Bonchev–Trinajstić information content (AvgIpc) is 3.00. The molecular weight excluding hydrogens is 376 g/mol. The zero-order chi connectivity index (χ0) is 22.1. The van der Waals surface area contributed by atoms with Crippen molar-refractivity contribution in [2.45, 2.75) is 65.4 Å². The van der Waals surface area contributed by atoms with Crippen LogP contribution < -0.4 is 0 Å². The molecule has 0 N–H and O–H groups in total. The number of carbonyl (C=O) groups excluding carboxylic acids is 2. The average molecular weight is 413 g/mol. The molecule has 0 heterocycles. The molecule has 4 rings (SSSR count). The van der Waals surface area contributed by atoms with E-state index in [1.54, 1.807) is 14.0 Å². The molecule has 0 aliphatic heterocycles. The van der Waals surface area contributed by atoms with Crippen LogP contribution in [0.3, 0.4) is 0 Å². The molecule has 30 heavy (non-hydrogen) atoms. The maximum atomic E-state index is 12.9. The first-order chi connectivity index (χ1) is 14.0. The van der Waals surface area contributed by atoms with Crippen molar-refractivity contribution < 1.29 is 19.1 Å². The molecule has 4 nitrogen and oxygen atoms in total. The van der Waals surface area contributed by atoms with Crippen molar-refractivity contribution in [2.24, 2.45) is 34.5 Å². The van der Waals surface area contributed by atoms with Crippen LogP contribution in [0.4, 0.5) is 0 Å². The number of carbonyl (C=O) groups is 2. The summed E-state index contributed by atoms with van der Waals surface area (Å²) in [6, 6.07) is 0. The Kier molecular flexibility index (Phi) is 5.06. The van der Waals surface area contributed by atoms with Gasteiger partial charge in [0.1, 0.15) is 12.4 Å². The lowest BCUT2D eigenvalue weighted by atomic mass is 9.43. The summed E-state index contributed by atoms with van der Waals surface area (Å²) in [5, 5.41) is 0. The fraction of sp³-hybridized carbons (Fsp3) is 0.692. The number of hydrogen-bond donors (Lipinski definition) is 0. The quantitative estimate of drug-likeness (QED) is 0.479. The molecule has 0 bridgehead atoms. The summed E-state index contributed by atoms with van der Waals surface area (Å²) in [6.45, 7) is 17.1. The Morgan fingerprint density at radius 2 is 1.87 bits per heavy atom. The molecule has 0 aromatic carbocycles. The molecule has 0 aromatic heterocycles. The van der Waals surface area contributed by atoms with Crippen LogP contribution in [0.5, 0.6) is 0 Å². The second kappa shape index (κ2) is 7.00. The van der Waals surface area contributed by atoms with Gasteiger partial charge in [-0.3, -0.25) is 9.59 Å². The van der Waals surface area contributed by atoms with Gasteiger partial charge in [-0.15, -0.1) is 0 Å². The SMILES string of the molecule is C=C1C(=C)[C@@]2(C)C(=CC1=O)C(C)C[C@@H]1[C@@H]2CC[C@@]2(C)[C@H]1CC[C@]2(OCOC)C(C)=O. The molecule has 164 valence electrons. The first-order valence-electron chi connectivity index (χ1n) is 11.3. The summed E-state index contributed by atoms with van der Waals surface area (Å²) < 4.78 is 11.4. The zero-order valence-electron chi connectivity index (χ0n) is 19.2. The van der Waals surface area contributed by atoms with Gasteiger partial charge < -0.3 is 9.47 Å². The van der Waals surface area contributed by atoms with Gasteiger partial charge in [0, 0.05) is 23.5 Å². The highest BCUT2D eigenvalue weighted by atomic mass is 16.7. The highest BCUT2D eigenvalue weighted by Crippen LogP contribution is 2.69. The van der Waals surface area contributed by atoms with Gasteiger partial charge in [0.15, 0.2) is 11.6 Å². The fourth-order valence-electron chi connectivity index (χ4n) is 8.05. The van der Waals surface area contributed by atoms with E-state index < -0.39 is 5.60 Å².